The van der Waals surface area contributed by atoms with Crippen LogP contribution in [0.1, 0.15) is 34.1 Å². The monoisotopic (exact) mass is 172 g/mol. The first-order valence-electron chi connectivity index (χ1n) is 4.47. The second-order valence-electron chi connectivity index (χ2n) is 3.90. The molecule has 0 saturated heterocycles. The predicted octanol–water partition coefficient (Wildman–Crippen LogP) is 0.901. The number of rotatable bonds is 4. The van der Waals surface area contributed by atoms with Gasteiger partial charge in [-0.15, -0.1) is 0 Å². The van der Waals surface area contributed by atoms with Gasteiger partial charge in [-0.1, -0.05) is 6.92 Å². The molecule has 0 saturated carbocycles. The van der Waals surface area contributed by atoms with Crippen molar-refractivity contribution >= 4 is 5.91 Å². The first kappa shape index (κ1) is 11.4. The maximum atomic E-state index is 11.2. The Kier molecular flexibility index (Phi) is 4.90. The highest BCUT2D eigenvalue weighted by Gasteiger charge is 2.12. The third-order valence-corrected chi connectivity index (χ3v) is 1.29. The molecule has 0 rings (SSSR count). The van der Waals surface area contributed by atoms with Gasteiger partial charge in [-0.2, -0.15) is 0 Å². The summed E-state index contributed by atoms with van der Waals surface area (Å²) < 4.78 is 0. The Morgan fingerprint density at radius 1 is 1.33 bits per heavy atom. The highest BCUT2D eigenvalue weighted by molar-refractivity contribution is 5.76. The highest BCUT2D eigenvalue weighted by atomic mass is 16.1. The molecule has 72 valence electrons. The Morgan fingerprint density at radius 3 is 2.33 bits per heavy atom. The van der Waals surface area contributed by atoms with Crippen LogP contribution in [0, 0.1) is 0 Å². The number of hydrogen-bond acceptors (Lipinski definition) is 2. The molecule has 3 nitrogen and oxygen atoms in total. The molecule has 0 atom stereocenters. The molecule has 12 heavy (non-hydrogen) atoms. The van der Waals surface area contributed by atoms with E-state index in [1.54, 1.807) is 0 Å². The topological polar surface area (TPSA) is 41.1 Å². The predicted molar refractivity (Wildman–Crippen MR) is 51.1 cm³/mol. The van der Waals surface area contributed by atoms with Gasteiger partial charge < -0.3 is 10.6 Å². The van der Waals surface area contributed by atoms with E-state index in [9.17, 15) is 4.79 Å². The summed E-state index contributed by atoms with van der Waals surface area (Å²) in [5, 5.41) is 6.00. The summed E-state index contributed by atoms with van der Waals surface area (Å²) >= 11 is 0. The minimum Gasteiger partial charge on any atom is -0.351 e. The average molecular weight is 172 g/mol. The summed E-state index contributed by atoms with van der Waals surface area (Å²) in [7, 11) is 0. The molecule has 1 amide bonds. The molecule has 2 N–H and O–H groups in total. The van der Waals surface area contributed by atoms with Crippen molar-refractivity contribution in [1.82, 2.24) is 10.6 Å². The van der Waals surface area contributed by atoms with Gasteiger partial charge in [-0.3, -0.25) is 4.79 Å². The third-order valence-electron chi connectivity index (χ3n) is 1.29. The Labute approximate surface area is 74.9 Å². The molecule has 0 spiro atoms. The standard InChI is InChI=1S/C9H20N2O/c1-5-10-7-6-8(12)11-9(2,3)4/h10H,5-7H2,1-4H3,(H,11,12). The lowest BCUT2D eigenvalue weighted by molar-refractivity contribution is -0.122. The van der Waals surface area contributed by atoms with E-state index in [1.165, 1.54) is 0 Å². The van der Waals surface area contributed by atoms with Gasteiger partial charge in [0.15, 0.2) is 0 Å². The Balaban J connectivity index is 3.47. The number of amides is 1. The van der Waals surface area contributed by atoms with Crippen molar-refractivity contribution < 1.29 is 4.79 Å². The lowest BCUT2D eigenvalue weighted by Gasteiger charge is -2.20. The van der Waals surface area contributed by atoms with Gasteiger partial charge in [0.1, 0.15) is 0 Å². The van der Waals surface area contributed by atoms with Gasteiger partial charge in [0.05, 0.1) is 0 Å². The largest absolute Gasteiger partial charge is 0.351 e. The molecule has 0 aliphatic heterocycles. The molecule has 0 bridgehead atoms. The van der Waals surface area contributed by atoms with Crippen molar-refractivity contribution in [2.75, 3.05) is 13.1 Å². The lowest BCUT2D eigenvalue weighted by atomic mass is 10.1. The fourth-order valence-corrected chi connectivity index (χ4v) is 0.859. The van der Waals surface area contributed by atoms with Crippen LogP contribution in [-0.4, -0.2) is 24.5 Å². The van der Waals surface area contributed by atoms with Crippen LogP contribution in [0.15, 0.2) is 0 Å². The zero-order valence-electron chi connectivity index (χ0n) is 8.53. The second kappa shape index (κ2) is 5.14. The molecule has 0 aromatic rings. The fourth-order valence-electron chi connectivity index (χ4n) is 0.859. The number of carbonyl (C=O) groups is 1. The van der Waals surface area contributed by atoms with E-state index in [4.69, 9.17) is 0 Å². The van der Waals surface area contributed by atoms with Crippen LogP contribution in [-0.2, 0) is 4.79 Å². The van der Waals surface area contributed by atoms with Gasteiger partial charge in [-0.05, 0) is 27.3 Å². The molecule has 0 aromatic carbocycles. The maximum Gasteiger partial charge on any atom is 0.221 e. The van der Waals surface area contributed by atoms with Crippen LogP contribution in [0.5, 0.6) is 0 Å². The van der Waals surface area contributed by atoms with Crippen LogP contribution in [0.2, 0.25) is 0 Å². The molecule has 0 heterocycles. The molecular weight excluding hydrogens is 152 g/mol. The summed E-state index contributed by atoms with van der Waals surface area (Å²) in [5.74, 6) is 0.114. The molecule has 0 radical (unpaired) electrons. The van der Waals surface area contributed by atoms with Crippen LogP contribution in [0.4, 0.5) is 0 Å². The number of carbonyl (C=O) groups excluding carboxylic acids is 1. The third kappa shape index (κ3) is 7.54. The first-order chi connectivity index (χ1) is 5.45. The van der Waals surface area contributed by atoms with Gasteiger partial charge in [0.25, 0.3) is 0 Å². The SMILES string of the molecule is CCNCCC(=O)NC(C)(C)C. The first-order valence-corrected chi connectivity index (χ1v) is 4.47. The van der Waals surface area contributed by atoms with E-state index >= 15 is 0 Å². The summed E-state index contributed by atoms with van der Waals surface area (Å²) in [6.07, 6.45) is 0.561. The van der Waals surface area contributed by atoms with Gasteiger partial charge in [-0.25, -0.2) is 0 Å². The quantitative estimate of drug-likeness (QED) is 0.619. The normalized spacial score (nSPS) is 11.3. The smallest absolute Gasteiger partial charge is 0.221 e. The Morgan fingerprint density at radius 2 is 1.92 bits per heavy atom. The van der Waals surface area contributed by atoms with E-state index < -0.39 is 0 Å². The second-order valence-corrected chi connectivity index (χ2v) is 3.90. The molecule has 0 unspecified atom stereocenters. The Bertz CT molecular complexity index is 138. The van der Waals surface area contributed by atoms with E-state index in [-0.39, 0.29) is 11.4 Å². The zero-order valence-corrected chi connectivity index (χ0v) is 8.53. The molecule has 0 fully saturated rings. The number of nitrogens with one attached hydrogen (secondary N) is 2. The highest BCUT2D eigenvalue weighted by Crippen LogP contribution is 1.98. The fraction of sp³-hybridized carbons (Fsp3) is 0.889. The van der Waals surface area contributed by atoms with E-state index in [1.807, 2.05) is 27.7 Å². The van der Waals surface area contributed by atoms with Crippen molar-refractivity contribution in [2.45, 2.75) is 39.7 Å². The van der Waals surface area contributed by atoms with Crippen LogP contribution in [0.3, 0.4) is 0 Å². The van der Waals surface area contributed by atoms with Crippen molar-refractivity contribution in [1.29, 1.82) is 0 Å². The van der Waals surface area contributed by atoms with E-state index in [0.717, 1.165) is 13.1 Å². The molecule has 0 aromatic heterocycles. The minimum absolute atomic E-state index is 0.108. The average Bonchev–Trinajstić information content (AvgIpc) is 1.84. The number of hydrogen-bond donors (Lipinski definition) is 2. The van der Waals surface area contributed by atoms with Crippen molar-refractivity contribution in [3.8, 4) is 0 Å². The minimum atomic E-state index is -0.108. The molecular formula is C9H20N2O. The zero-order chi connectivity index (χ0) is 9.61. The molecule has 0 aliphatic carbocycles. The van der Waals surface area contributed by atoms with Crippen molar-refractivity contribution in [3.63, 3.8) is 0 Å². The van der Waals surface area contributed by atoms with Crippen LogP contribution in [0.25, 0.3) is 0 Å². The van der Waals surface area contributed by atoms with Crippen molar-refractivity contribution in [2.24, 2.45) is 0 Å². The van der Waals surface area contributed by atoms with E-state index in [2.05, 4.69) is 10.6 Å². The lowest BCUT2D eigenvalue weighted by Crippen LogP contribution is -2.41. The van der Waals surface area contributed by atoms with Crippen LogP contribution < -0.4 is 10.6 Å². The summed E-state index contributed by atoms with van der Waals surface area (Å²) in [4.78, 5) is 11.2. The van der Waals surface area contributed by atoms with Gasteiger partial charge >= 0.3 is 0 Å². The van der Waals surface area contributed by atoms with Gasteiger partial charge in [0, 0.05) is 18.5 Å². The summed E-state index contributed by atoms with van der Waals surface area (Å²) in [5.41, 5.74) is -0.108. The Hall–Kier alpha value is -0.570. The summed E-state index contributed by atoms with van der Waals surface area (Å²) in [6.45, 7) is 9.66. The van der Waals surface area contributed by atoms with Crippen molar-refractivity contribution in [3.05, 3.63) is 0 Å². The molecule has 3 heteroatoms. The maximum absolute atomic E-state index is 11.2. The molecule has 0 aliphatic rings. The van der Waals surface area contributed by atoms with E-state index in [0.29, 0.717) is 6.42 Å². The van der Waals surface area contributed by atoms with Crippen LogP contribution >= 0.6 is 0 Å². The summed E-state index contributed by atoms with van der Waals surface area (Å²) in [6, 6.07) is 0. The van der Waals surface area contributed by atoms with Gasteiger partial charge in [0.2, 0.25) is 5.91 Å².